The molecule has 10 nitrogen and oxygen atoms in total. The highest BCUT2D eigenvalue weighted by Gasteiger charge is 2.19. The highest BCUT2D eigenvalue weighted by atomic mass is 16.2. The monoisotopic (exact) mass is 473 g/mol. The number of nitrogens with zero attached hydrogens (tertiary/aromatic N) is 4. The molecule has 10 heteroatoms. The first-order valence-corrected chi connectivity index (χ1v) is 11.0. The molecule has 2 aromatic carbocycles. The number of carbonyl (C=O) groups excluding carboxylic acids is 1. The molecule has 0 saturated carbocycles. The summed E-state index contributed by atoms with van der Waals surface area (Å²) >= 11 is 0. The first-order chi connectivity index (χ1) is 16.7. The fourth-order valence-corrected chi connectivity index (χ4v) is 3.82. The second-order valence-corrected chi connectivity index (χ2v) is 8.39. The van der Waals surface area contributed by atoms with Crippen LogP contribution < -0.4 is 27.2 Å². The number of hydrogen-bond donors (Lipinski definition) is 3. The summed E-state index contributed by atoms with van der Waals surface area (Å²) in [5.74, 6) is 0.111. The maximum absolute atomic E-state index is 12.9. The summed E-state index contributed by atoms with van der Waals surface area (Å²) in [6.07, 6.45) is 0. The van der Waals surface area contributed by atoms with Gasteiger partial charge in [-0.25, -0.2) is 9.48 Å². The number of likely N-dealkylation sites (N-methyl/N-ethyl adjacent to an activating group) is 1. The van der Waals surface area contributed by atoms with Gasteiger partial charge in [0, 0.05) is 13.1 Å². The maximum Gasteiger partial charge on any atom is 0.330 e. The summed E-state index contributed by atoms with van der Waals surface area (Å²) in [7, 11) is 1.57. The van der Waals surface area contributed by atoms with E-state index in [1.807, 2.05) is 68.4 Å². The minimum atomic E-state index is -0.660. The van der Waals surface area contributed by atoms with E-state index in [4.69, 9.17) is 5.73 Å². The van der Waals surface area contributed by atoms with Gasteiger partial charge in [0.1, 0.15) is 17.3 Å². The van der Waals surface area contributed by atoms with E-state index >= 15 is 0 Å². The molecule has 4 rings (SSSR count). The standard InChI is InChI=1S/C25H27N7O3/c1-16-9-11-19(12-10-16)32-20(13-17(2)29-32)27-21(33)15-30(3)22-23(26)31(25(35)28-24(22)34)14-18-7-5-4-6-8-18/h4-13H,14-15,26H2,1-3H3,(H,27,33)(H,28,34,35). The lowest BCUT2D eigenvalue weighted by Gasteiger charge is -2.21. The van der Waals surface area contributed by atoms with Crippen molar-refractivity contribution >= 4 is 23.2 Å². The van der Waals surface area contributed by atoms with Crippen molar-refractivity contribution in [2.45, 2.75) is 20.4 Å². The number of hydrogen-bond acceptors (Lipinski definition) is 6. The number of amides is 1. The fraction of sp³-hybridized carbons (Fsp3) is 0.200. The average Bonchev–Trinajstić information content (AvgIpc) is 3.17. The van der Waals surface area contributed by atoms with Gasteiger partial charge in [0.25, 0.3) is 5.56 Å². The minimum Gasteiger partial charge on any atom is -0.383 e. The first kappa shape index (κ1) is 23.6. The van der Waals surface area contributed by atoms with Crippen LogP contribution in [-0.4, -0.2) is 38.8 Å². The number of aromatic nitrogens is 4. The predicted molar refractivity (Wildman–Crippen MR) is 136 cm³/mol. The van der Waals surface area contributed by atoms with Crippen LogP contribution in [0.3, 0.4) is 0 Å². The number of H-pyrrole nitrogens is 1. The number of aryl methyl sites for hydroxylation is 2. The van der Waals surface area contributed by atoms with E-state index in [0.717, 1.165) is 22.5 Å². The van der Waals surface area contributed by atoms with Gasteiger partial charge in [0.2, 0.25) is 5.91 Å². The van der Waals surface area contributed by atoms with Crippen LogP contribution in [0.25, 0.3) is 5.69 Å². The molecule has 4 N–H and O–H groups in total. The molecule has 35 heavy (non-hydrogen) atoms. The zero-order chi connectivity index (χ0) is 25.1. The second-order valence-electron chi connectivity index (χ2n) is 8.39. The van der Waals surface area contributed by atoms with E-state index in [2.05, 4.69) is 15.4 Å². The summed E-state index contributed by atoms with van der Waals surface area (Å²) < 4.78 is 2.92. The predicted octanol–water partition coefficient (Wildman–Crippen LogP) is 2.04. The van der Waals surface area contributed by atoms with Crippen molar-refractivity contribution in [2.24, 2.45) is 0 Å². The van der Waals surface area contributed by atoms with Crippen molar-refractivity contribution in [3.8, 4) is 5.69 Å². The van der Waals surface area contributed by atoms with Crippen molar-refractivity contribution in [1.82, 2.24) is 19.3 Å². The molecule has 0 spiro atoms. The van der Waals surface area contributed by atoms with Crippen LogP contribution in [-0.2, 0) is 11.3 Å². The van der Waals surface area contributed by atoms with Crippen molar-refractivity contribution in [3.63, 3.8) is 0 Å². The molecule has 1 amide bonds. The summed E-state index contributed by atoms with van der Waals surface area (Å²) in [6, 6.07) is 18.8. The molecule has 2 heterocycles. The van der Waals surface area contributed by atoms with Gasteiger partial charge in [-0.2, -0.15) is 5.10 Å². The minimum absolute atomic E-state index is 0.0153. The zero-order valence-electron chi connectivity index (χ0n) is 19.8. The van der Waals surface area contributed by atoms with Crippen LogP contribution in [0.15, 0.2) is 70.3 Å². The van der Waals surface area contributed by atoms with E-state index in [-0.39, 0.29) is 30.5 Å². The summed E-state index contributed by atoms with van der Waals surface area (Å²) in [5.41, 5.74) is 8.50. The number of rotatable bonds is 7. The Morgan fingerprint density at radius 1 is 1.09 bits per heavy atom. The smallest absolute Gasteiger partial charge is 0.330 e. The number of nitrogens with one attached hydrogen (secondary N) is 2. The molecule has 0 saturated heterocycles. The topological polar surface area (TPSA) is 131 Å². The Hall–Kier alpha value is -4.60. The summed E-state index contributed by atoms with van der Waals surface area (Å²) in [5, 5.41) is 7.31. The second kappa shape index (κ2) is 9.72. The number of nitrogens with two attached hydrogens (primary N) is 1. The SMILES string of the molecule is Cc1ccc(-n2nc(C)cc2NC(=O)CN(C)c2c(N)n(Cc3ccccc3)c(=O)[nH]c2=O)cc1. The van der Waals surface area contributed by atoms with Crippen molar-refractivity contribution < 1.29 is 4.79 Å². The summed E-state index contributed by atoms with van der Waals surface area (Å²) in [4.78, 5) is 41.6. The quantitative estimate of drug-likeness (QED) is 0.377. The lowest BCUT2D eigenvalue weighted by Crippen LogP contribution is -2.40. The van der Waals surface area contributed by atoms with E-state index in [1.54, 1.807) is 17.8 Å². The number of anilines is 3. The molecular formula is C25H27N7O3. The van der Waals surface area contributed by atoms with Crippen molar-refractivity contribution in [1.29, 1.82) is 0 Å². The highest BCUT2D eigenvalue weighted by Crippen LogP contribution is 2.19. The maximum atomic E-state index is 12.9. The van der Waals surface area contributed by atoms with E-state index in [9.17, 15) is 14.4 Å². The van der Waals surface area contributed by atoms with E-state index in [0.29, 0.717) is 5.82 Å². The lowest BCUT2D eigenvalue weighted by molar-refractivity contribution is -0.115. The van der Waals surface area contributed by atoms with E-state index < -0.39 is 11.2 Å². The molecule has 0 atom stereocenters. The van der Waals surface area contributed by atoms with Crippen LogP contribution in [0, 0.1) is 13.8 Å². The Morgan fingerprint density at radius 3 is 2.46 bits per heavy atom. The van der Waals surface area contributed by atoms with Crippen LogP contribution in [0.1, 0.15) is 16.8 Å². The number of nitrogen functional groups attached to an aromatic ring is 1. The highest BCUT2D eigenvalue weighted by molar-refractivity contribution is 5.94. The normalized spacial score (nSPS) is 10.8. The molecular weight excluding hydrogens is 446 g/mol. The number of carbonyl (C=O) groups is 1. The molecule has 180 valence electrons. The largest absolute Gasteiger partial charge is 0.383 e. The Morgan fingerprint density at radius 2 is 1.77 bits per heavy atom. The van der Waals surface area contributed by atoms with Crippen molar-refractivity contribution in [3.05, 3.63) is 98.3 Å². The van der Waals surface area contributed by atoms with Gasteiger partial charge in [0.05, 0.1) is 24.5 Å². The third-order valence-corrected chi connectivity index (χ3v) is 5.54. The molecule has 0 fully saturated rings. The van der Waals surface area contributed by atoms with Crippen LogP contribution in [0.4, 0.5) is 17.3 Å². The molecule has 2 aromatic heterocycles. The van der Waals surface area contributed by atoms with Gasteiger partial charge in [-0.1, -0.05) is 48.0 Å². The van der Waals surface area contributed by atoms with Crippen LogP contribution in [0.2, 0.25) is 0 Å². The molecule has 0 radical (unpaired) electrons. The molecule has 4 aromatic rings. The lowest BCUT2D eigenvalue weighted by atomic mass is 10.2. The van der Waals surface area contributed by atoms with Gasteiger partial charge in [0.15, 0.2) is 0 Å². The van der Waals surface area contributed by atoms with Crippen LogP contribution in [0.5, 0.6) is 0 Å². The average molecular weight is 474 g/mol. The third kappa shape index (κ3) is 5.16. The Balaban J connectivity index is 1.56. The molecule has 0 unspecified atom stereocenters. The van der Waals surface area contributed by atoms with Gasteiger partial charge < -0.3 is 16.0 Å². The molecule has 0 aliphatic rings. The van der Waals surface area contributed by atoms with E-state index in [1.165, 1.54) is 9.47 Å². The molecule has 0 aliphatic heterocycles. The molecule has 0 aliphatic carbocycles. The summed E-state index contributed by atoms with van der Waals surface area (Å²) in [6.45, 7) is 3.84. The van der Waals surface area contributed by atoms with Gasteiger partial charge in [-0.15, -0.1) is 0 Å². The molecule has 0 bridgehead atoms. The van der Waals surface area contributed by atoms with Crippen molar-refractivity contribution in [2.75, 3.05) is 29.5 Å². The zero-order valence-corrected chi connectivity index (χ0v) is 19.8. The Kier molecular flexibility index (Phi) is 6.54. The van der Waals surface area contributed by atoms with Gasteiger partial charge in [-0.05, 0) is 31.5 Å². The first-order valence-electron chi connectivity index (χ1n) is 11.0. The number of benzene rings is 2. The Labute approximate surface area is 201 Å². The third-order valence-electron chi connectivity index (χ3n) is 5.54. The fourth-order valence-electron chi connectivity index (χ4n) is 3.82. The number of aromatic amines is 1. The van der Waals surface area contributed by atoms with Gasteiger partial charge in [-0.3, -0.25) is 19.1 Å². The Bertz CT molecular complexity index is 1470. The van der Waals surface area contributed by atoms with Crippen LogP contribution >= 0.6 is 0 Å². The van der Waals surface area contributed by atoms with Gasteiger partial charge >= 0.3 is 5.69 Å².